The van der Waals surface area contributed by atoms with Crippen molar-refractivity contribution < 1.29 is 19.2 Å². The molecule has 0 bridgehead atoms. The Morgan fingerprint density at radius 3 is 2.52 bits per heavy atom. The van der Waals surface area contributed by atoms with Gasteiger partial charge < -0.3 is 4.90 Å². The van der Waals surface area contributed by atoms with E-state index < -0.39 is 17.9 Å². The van der Waals surface area contributed by atoms with Crippen LogP contribution >= 0.6 is 0 Å². The maximum absolute atomic E-state index is 12.5. The van der Waals surface area contributed by atoms with Gasteiger partial charge in [-0.15, -0.1) is 0 Å². The van der Waals surface area contributed by atoms with Gasteiger partial charge in [0.05, 0.1) is 5.56 Å². The van der Waals surface area contributed by atoms with Crippen molar-refractivity contribution in [1.82, 2.24) is 10.2 Å². The first-order valence-corrected chi connectivity index (χ1v) is 7.60. The Labute approximate surface area is 135 Å². The van der Waals surface area contributed by atoms with Crippen molar-refractivity contribution in [2.75, 3.05) is 7.05 Å². The summed E-state index contributed by atoms with van der Waals surface area (Å²) in [5.41, 5.74) is 1.39. The van der Waals surface area contributed by atoms with E-state index >= 15 is 0 Å². The summed E-state index contributed by atoms with van der Waals surface area (Å²) >= 11 is 0. The second-order valence-corrected chi connectivity index (χ2v) is 5.09. The number of nitrogens with zero attached hydrogens (tertiary/aromatic N) is 1. The molecule has 0 radical (unpaired) electrons. The molecule has 0 aliphatic carbocycles. The number of hydrogen-bond donors (Lipinski definition) is 1. The van der Waals surface area contributed by atoms with Crippen LogP contribution in [0.1, 0.15) is 53.0 Å². The first-order valence-electron chi connectivity index (χ1n) is 7.60. The van der Waals surface area contributed by atoms with Crippen molar-refractivity contribution >= 4 is 24.0 Å². The Bertz CT molecular complexity index is 625. The monoisotopic (exact) mass is 318 g/mol. The van der Waals surface area contributed by atoms with Gasteiger partial charge >= 0.3 is 0 Å². The zero-order chi connectivity index (χ0) is 17.6. The van der Waals surface area contributed by atoms with Gasteiger partial charge in [-0.3, -0.25) is 24.5 Å². The maximum Gasteiger partial charge on any atom is 0.255 e. The van der Waals surface area contributed by atoms with Gasteiger partial charge in [0, 0.05) is 19.0 Å². The number of carbonyl (C=O) groups is 4. The molecule has 1 aliphatic heterocycles. The number of piperidine rings is 1. The van der Waals surface area contributed by atoms with E-state index in [2.05, 4.69) is 5.32 Å². The lowest BCUT2D eigenvalue weighted by atomic mass is 10.0. The lowest BCUT2D eigenvalue weighted by Gasteiger charge is -2.30. The first kappa shape index (κ1) is 18.5. The van der Waals surface area contributed by atoms with Gasteiger partial charge in [-0.1, -0.05) is 31.5 Å². The van der Waals surface area contributed by atoms with E-state index in [0.29, 0.717) is 6.29 Å². The molecule has 6 heteroatoms. The smallest absolute Gasteiger partial charge is 0.255 e. The third-order valence-corrected chi connectivity index (χ3v) is 3.56. The number of imide groups is 1. The SMILES string of the molecule is CC.Cc1ccc(C=O)c(C(=O)N(C)C2CCC(=O)NC2=O)c1. The van der Waals surface area contributed by atoms with Gasteiger partial charge in [0.25, 0.3) is 5.91 Å². The van der Waals surface area contributed by atoms with Crippen LogP contribution in [0.15, 0.2) is 18.2 Å². The van der Waals surface area contributed by atoms with E-state index in [1.165, 1.54) is 11.9 Å². The number of aryl methyl sites for hydroxylation is 1. The largest absolute Gasteiger partial charge is 0.330 e. The average molecular weight is 318 g/mol. The fraction of sp³-hybridized carbons (Fsp3) is 0.412. The molecule has 1 aliphatic rings. The summed E-state index contributed by atoms with van der Waals surface area (Å²) in [6.07, 6.45) is 1.10. The number of amides is 3. The quantitative estimate of drug-likeness (QED) is 0.679. The highest BCUT2D eigenvalue weighted by molar-refractivity contribution is 6.06. The molecular formula is C17H22N2O4. The Balaban J connectivity index is 0.00000127. The van der Waals surface area contributed by atoms with Gasteiger partial charge in [0.15, 0.2) is 6.29 Å². The van der Waals surface area contributed by atoms with Crippen molar-refractivity contribution in [1.29, 1.82) is 0 Å². The minimum Gasteiger partial charge on any atom is -0.330 e. The van der Waals surface area contributed by atoms with Crippen LogP contribution in [0.3, 0.4) is 0 Å². The standard InChI is InChI=1S/C15H16N2O4.C2H6/c1-9-3-4-10(8-18)11(7-9)15(21)17(2)12-5-6-13(19)16-14(12)20;1-2/h3-4,7-8,12H,5-6H2,1-2H3,(H,16,19,20);1-2H3. The fourth-order valence-electron chi connectivity index (χ4n) is 2.34. The second kappa shape index (κ2) is 8.22. The summed E-state index contributed by atoms with van der Waals surface area (Å²) in [6, 6.07) is 4.24. The van der Waals surface area contributed by atoms with Crippen LogP contribution in [0.5, 0.6) is 0 Å². The summed E-state index contributed by atoms with van der Waals surface area (Å²) in [5.74, 6) is -1.22. The number of rotatable bonds is 3. The topological polar surface area (TPSA) is 83.6 Å². The molecule has 1 aromatic rings. The van der Waals surface area contributed by atoms with E-state index in [1.807, 2.05) is 20.8 Å². The molecule has 1 N–H and O–H groups in total. The number of likely N-dealkylation sites (N-methyl/N-ethyl adjacent to an activating group) is 1. The van der Waals surface area contributed by atoms with Crippen LogP contribution in [0.4, 0.5) is 0 Å². The van der Waals surface area contributed by atoms with Gasteiger partial charge in [-0.05, 0) is 19.4 Å². The van der Waals surface area contributed by atoms with E-state index in [-0.39, 0.29) is 29.9 Å². The van der Waals surface area contributed by atoms with Crippen molar-refractivity contribution in [3.05, 3.63) is 34.9 Å². The van der Waals surface area contributed by atoms with Crippen LogP contribution in [0.2, 0.25) is 0 Å². The highest BCUT2D eigenvalue weighted by Crippen LogP contribution is 2.17. The minimum absolute atomic E-state index is 0.197. The second-order valence-electron chi connectivity index (χ2n) is 5.09. The molecule has 1 fully saturated rings. The molecule has 1 atom stereocenters. The number of nitrogens with one attached hydrogen (secondary N) is 1. The highest BCUT2D eigenvalue weighted by Gasteiger charge is 2.33. The Kier molecular flexibility index (Phi) is 6.63. The molecule has 0 saturated carbocycles. The molecule has 124 valence electrons. The highest BCUT2D eigenvalue weighted by atomic mass is 16.2. The Morgan fingerprint density at radius 2 is 1.96 bits per heavy atom. The third-order valence-electron chi connectivity index (χ3n) is 3.56. The normalized spacial score (nSPS) is 16.8. The van der Waals surface area contributed by atoms with E-state index in [9.17, 15) is 19.2 Å². The van der Waals surface area contributed by atoms with Gasteiger partial charge in [-0.2, -0.15) is 0 Å². The molecule has 6 nitrogen and oxygen atoms in total. The Hall–Kier alpha value is -2.50. The van der Waals surface area contributed by atoms with Crippen molar-refractivity contribution in [2.24, 2.45) is 0 Å². The molecule has 1 unspecified atom stereocenters. The Morgan fingerprint density at radius 1 is 1.30 bits per heavy atom. The molecule has 1 heterocycles. The first-order chi connectivity index (χ1) is 10.9. The lowest BCUT2D eigenvalue weighted by molar-refractivity contribution is -0.136. The van der Waals surface area contributed by atoms with Crippen LogP contribution in [0.25, 0.3) is 0 Å². The minimum atomic E-state index is -0.699. The molecule has 3 amide bonds. The third kappa shape index (κ3) is 4.25. The summed E-state index contributed by atoms with van der Waals surface area (Å²) in [4.78, 5) is 47.8. The predicted molar refractivity (Wildman–Crippen MR) is 86.2 cm³/mol. The zero-order valence-electron chi connectivity index (χ0n) is 13.9. The molecule has 1 aromatic carbocycles. The van der Waals surface area contributed by atoms with Gasteiger partial charge in [0.2, 0.25) is 11.8 Å². The molecule has 23 heavy (non-hydrogen) atoms. The zero-order valence-corrected chi connectivity index (χ0v) is 13.9. The fourth-order valence-corrected chi connectivity index (χ4v) is 2.34. The van der Waals surface area contributed by atoms with Crippen LogP contribution in [-0.4, -0.2) is 42.0 Å². The van der Waals surface area contributed by atoms with Crippen LogP contribution < -0.4 is 5.32 Å². The van der Waals surface area contributed by atoms with Crippen LogP contribution in [0, 0.1) is 6.92 Å². The van der Waals surface area contributed by atoms with E-state index in [1.54, 1.807) is 18.2 Å². The summed E-state index contributed by atoms with van der Waals surface area (Å²) < 4.78 is 0. The number of hydrogen-bond acceptors (Lipinski definition) is 4. The van der Waals surface area contributed by atoms with Crippen molar-refractivity contribution in [3.63, 3.8) is 0 Å². The molecular weight excluding hydrogens is 296 g/mol. The molecule has 2 rings (SSSR count). The lowest BCUT2D eigenvalue weighted by Crippen LogP contribution is -2.53. The van der Waals surface area contributed by atoms with Crippen LogP contribution in [-0.2, 0) is 9.59 Å². The molecule has 0 aromatic heterocycles. The predicted octanol–water partition coefficient (Wildman–Crippen LogP) is 1.71. The summed E-state index contributed by atoms with van der Waals surface area (Å²) in [6.45, 7) is 5.82. The number of benzene rings is 1. The summed E-state index contributed by atoms with van der Waals surface area (Å²) in [5, 5.41) is 2.22. The van der Waals surface area contributed by atoms with Gasteiger partial charge in [0.1, 0.15) is 6.04 Å². The average Bonchev–Trinajstić information content (AvgIpc) is 2.55. The van der Waals surface area contributed by atoms with E-state index in [0.717, 1.165) is 5.56 Å². The number of carbonyl (C=O) groups excluding carboxylic acids is 4. The maximum atomic E-state index is 12.5. The van der Waals surface area contributed by atoms with E-state index in [4.69, 9.17) is 0 Å². The molecule has 0 spiro atoms. The summed E-state index contributed by atoms with van der Waals surface area (Å²) in [7, 11) is 1.50. The molecule has 1 saturated heterocycles. The van der Waals surface area contributed by atoms with Crippen molar-refractivity contribution in [2.45, 2.75) is 39.7 Å². The number of aldehydes is 1. The van der Waals surface area contributed by atoms with Gasteiger partial charge in [-0.25, -0.2) is 0 Å². The van der Waals surface area contributed by atoms with Crippen molar-refractivity contribution in [3.8, 4) is 0 Å².